The summed E-state index contributed by atoms with van der Waals surface area (Å²) in [5, 5.41) is 0. The highest BCUT2D eigenvalue weighted by atomic mass is 16.2. The van der Waals surface area contributed by atoms with Gasteiger partial charge in [0, 0.05) is 12.6 Å². The average Bonchev–Trinajstić information content (AvgIpc) is 2.62. The van der Waals surface area contributed by atoms with Crippen LogP contribution >= 0.6 is 0 Å². The molecule has 96 valence electrons. The van der Waals surface area contributed by atoms with Crippen LogP contribution < -0.4 is 10.6 Å². The number of anilines is 2. The van der Waals surface area contributed by atoms with E-state index in [1.165, 1.54) is 17.3 Å². The summed E-state index contributed by atoms with van der Waals surface area (Å²) in [5.74, 6) is -0.322. The summed E-state index contributed by atoms with van der Waals surface area (Å²) in [4.78, 5) is 29.7. The van der Waals surface area contributed by atoms with Crippen LogP contribution in [0.4, 0.5) is 11.4 Å². The second-order valence-corrected chi connectivity index (χ2v) is 4.63. The molecule has 2 N–H and O–H groups in total. The lowest BCUT2D eigenvalue weighted by atomic mass is 9.81. The Labute approximate surface area is 106 Å². The van der Waals surface area contributed by atoms with Gasteiger partial charge < -0.3 is 5.73 Å². The predicted molar refractivity (Wildman–Crippen MR) is 68.8 cm³/mol. The van der Waals surface area contributed by atoms with Crippen molar-refractivity contribution in [2.24, 2.45) is 5.41 Å². The zero-order valence-electron chi connectivity index (χ0n) is 10.6. The number of nitrogen functional groups attached to an aromatic ring is 1. The van der Waals surface area contributed by atoms with E-state index >= 15 is 0 Å². The first-order valence-corrected chi connectivity index (χ1v) is 6.12. The predicted octanol–water partition coefficient (Wildman–Crippen LogP) is 1.73. The SMILES string of the molecule is CCC1(CC)CC(=O)N(c2ccncc2N)C1=O. The van der Waals surface area contributed by atoms with Crippen molar-refractivity contribution in [1.82, 2.24) is 4.98 Å². The van der Waals surface area contributed by atoms with E-state index < -0.39 is 5.41 Å². The number of carbonyl (C=O) groups is 2. The van der Waals surface area contributed by atoms with Gasteiger partial charge in [-0.1, -0.05) is 13.8 Å². The molecule has 5 nitrogen and oxygen atoms in total. The quantitative estimate of drug-likeness (QED) is 0.825. The first-order chi connectivity index (χ1) is 8.55. The number of amides is 2. The van der Waals surface area contributed by atoms with Gasteiger partial charge in [-0.05, 0) is 18.9 Å². The minimum Gasteiger partial charge on any atom is -0.396 e. The topological polar surface area (TPSA) is 76.3 Å². The van der Waals surface area contributed by atoms with E-state index in [0.717, 1.165) is 0 Å². The largest absolute Gasteiger partial charge is 0.396 e. The highest BCUT2D eigenvalue weighted by Crippen LogP contribution is 2.42. The fourth-order valence-corrected chi connectivity index (χ4v) is 2.44. The van der Waals surface area contributed by atoms with Crippen LogP contribution in [0, 0.1) is 5.41 Å². The second-order valence-electron chi connectivity index (χ2n) is 4.63. The molecule has 2 rings (SSSR count). The molecule has 1 aliphatic rings. The first kappa shape index (κ1) is 12.5. The van der Waals surface area contributed by atoms with Crippen LogP contribution in [0.2, 0.25) is 0 Å². The molecule has 0 bridgehead atoms. The fourth-order valence-electron chi connectivity index (χ4n) is 2.44. The van der Waals surface area contributed by atoms with Gasteiger partial charge in [0.15, 0.2) is 0 Å². The van der Waals surface area contributed by atoms with Gasteiger partial charge in [0.1, 0.15) is 0 Å². The molecule has 1 saturated heterocycles. The Hall–Kier alpha value is -1.91. The molecule has 2 amide bonds. The van der Waals surface area contributed by atoms with Gasteiger partial charge in [-0.15, -0.1) is 0 Å². The van der Waals surface area contributed by atoms with Crippen LogP contribution in [-0.2, 0) is 9.59 Å². The highest BCUT2D eigenvalue weighted by molar-refractivity contribution is 6.23. The van der Waals surface area contributed by atoms with E-state index in [1.54, 1.807) is 6.07 Å². The molecule has 0 atom stereocenters. The number of imide groups is 1. The zero-order chi connectivity index (χ0) is 13.3. The number of pyridine rings is 1. The van der Waals surface area contributed by atoms with E-state index in [1.807, 2.05) is 13.8 Å². The summed E-state index contributed by atoms with van der Waals surface area (Å²) >= 11 is 0. The molecule has 1 aliphatic heterocycles. The highest BCUT2D eigenvalue weighted by Gasteiger charge is 2.49. The van der Waals surface area contributed by atoms with Gasteiger partial charge in [0.05, 0.1) is 23.0 Å². The van der Waals surface area contributed by atoms with Crippen molar-refractivity contribution in [2.75, 3.05) is 10.6 Å². The summed E-state index contributed by atoms with van der Waals surface area (Å²) in [7, 11) is 0. The van der Waals surface area contributed by atoms with E-state index in [-0.39, 0.29) is 18.2 Å². The molecule has 18 heavy (non-hydrogen) atoms. The molecular weight excluding hydrogens is 230 g/mol. The molecule has 0 aromatic carbocycles. The van der Waals surface area contributed by atoms with Gasteiger partial charge in [0.25, 0.3) is 0 Å². The summed E-state index contributed by atoms with van der Waals surface area (Å²) < 4.78 is 0. The van der Waals surface area contributed by atoms with Crippen LogP contribution in [0.15, 0.2) is 18.5 Å². The van der Waals surface area contributed by atoms with Gasteiger partial charge in [0.2, 0.25) is 11.8 Å². The van der Waals surface area contributed by atoms with Crippen LogP contribution in [0.1, 0.15) is 33.1 Å². The number of aromatic nitrogens is 1. The van der Waals surface area contributed by atoms with Gasteiger partial charge in [-0.2, -0.15) is 0 Å². The Morgan fingerprint density at radius 1 is 1.39 bits per heavy atom. The van der Waals surface area contributed by atoms with Crippen LogP contribution in [0.5, 0.6) is 0 Å². The number of hydrogen-bond acceptors (Lipinski definition) is 4. The van der Waals surface area contributed by atoms with Crippen LogP contribution in [0.25, 0.3) is 0 Å². The maximum atomic E-state index is 12.5. The molecule has 2 heterocycles. The molecule has 0 spiro atoms. The van der Waals surface area contributed by atoms with E-state index in [0.29, 0.717) is 24.2 Å². The molecule has 1 aromatic heterocycles. The molecule has 0 saturated carbocycles. The van der Waals surface area contributed by atoms with Crippen molar-refractivity contribution >= 4 is 23.2 Å². The van der Waals surface area contributed by atoms with Gasteiger partial charge >= 0.3 is 0 Å². The minimum absolute atomic E-state index is 0.143. The molecule has 1 fully saturated rings. The van der Waals surface area contributed by atoms with E-state index in [2.05, 4.69) is 4.98 Å². The molecular formula is C13H17N3O2. The van der Waals surface area contributed by atoms with Crippen LogP contribution in [0.3, 0.4) is 0 Å². The molecule has 0 radical (unpaired) electrons. The zero-order valence-corrected chi connectivity index (χ0v) is 10.6. The Balaban J connectivity index is 2.45. The van der Waals surface area contributed by atoms with Crippen molar-refractivity contribution in [1.29, 1.82) is 0 Å². The molecule has 0 aliphatic carbocycles. The maximum Gasteiger partial charge on any atom is 0.240 e. The third-order valence-electron chi connectivity index (χ3n) is 3.82. The number of nitrogens with zero attached hydrogens (tertiary/aromatic N) is 2. The second kappa shape index (κ2) is 4.40. The standard InChI is InChI=1S/C13H17N3O2/c1-3-13(4-2)7-11(17)16(12(13)18)10-5-6-15-8-9(10)14/h5-6,8H,3-4,7,14H2,1-2H3. The summed E-state index contributed by atoms with van der Waals surface area (Å²) in [6.45, 7) is 3.88. The Kier molecular flexibility index (Phi) is 3.07. The third-order valence-corrected chi connectivity index (χ3v) is 3.82. The molecule has 0 unspecified atom stereocenters. The Morgan fingerprint density at radius 3 is 2.56 bits per heavy atom. The van der Waals surface area contributed by atoms with Crippen molar-refractivity contribution in [3.8, 4) is 0 Å². The monoisotopic (exact) mass is 247 g/mol. The van der Waals surface area contributed by atoms with Gasteiger partial charge in [-0.3, -0.25) is 14.6 Å². The molecule has 5 heteroatoms. The number of rotatable bonds is 3. The lowest BCUT2D eigenvalue weighted by Gasteiger charge is -2.23. The van der Waals surface area contributed by atoms with Crippen molar-refractivity contribution in [3.63, 3.8) is 0 Å². The Bertz CT molecular complexity index is 495. The third kappa shape index (κ3) is 1.66. The Morgan fingerprint density at radius 2 is 2.06 bits per heavy atom. The molecule has 1 aromatic rings. The number of hydrogen-bond donors (Lipinski definition) is 1. The lowest BCUT2D eigenvalue weighted by molar-refractivity contribution is -0.126. The maximum absolute atomic E-state index is 12.5. The fraction of sp³-hybridized carbons (Fsp3) is 0.462. The number of carbonyl (C=O) groups excluding carboxylic acids is 2. The summed E-state index contributed by atoms with van der Waals surface area (Å²) in [5.41, 5.74) is 6.02. The van der Waals surface area contributed by atoms with Crippen molar-refractivity contribution in [3.05, 3.63) is 18.5 Å². The van der Waals surface area contributed by atoms with E-state index in [4.69, 9.17) is 5.73 Å². The summed E-state index contributed by atoms with van der Waals surface area (Å²) in [6, 6.07) is 1.60. The van der Waals surface area contributed by atoms with E-state index in [9.17, 15) is 9.59 Å². The van der Waals surface area contributed by atoms with Crippen LogP contribution in [-0.4, -0.2) is 16.8 Å². The smallest absolute Gasteiger partial charge is 0.240 e. The van der Waals surface area contributed by atoms with Crippen molar-refractivity contribution in [2.45, 2.75) is 33.1 Å². The summed E-state index contributed by atoms with van der Waals surface area (Å²) in [6.07, 6.45) is 4.57. The normalized spacial score (nSPS) is 18.4. The number of nitrogens with two attached hydrogens (primary N) is 1. The lowest BCUT2D eigenvalue weighted by Crippen LogP contribution is -2.35. The van der Waals surface area contributed by atoms with Gasteiger partial charge in [-0.25, -0.2) is 4.90 Å². The minimum atomic E-state index is -0.563. The first-order valence-electron chi connectivity index (χ1n) is 6.12. The van der Waals surface area contributed by atoms with Crippen molar-refractivity contribution < 1.29 is 9.59 Å². The average molecular weight is 247 g/mol.